The van der Waals surface area contributed by atoms with Crippen LogP contribution in [0.25, 0.3) is 0 Å². The Balaban J connectivity index is 1.70. The lowest BCUT2D eigenvalue weighted by Crippen LogP contribution is -2.40. The van der Waals surface area contributed by atoms with Crippen molar-refractivity contribution in [2.45, 2.75) is 44.9 Å². The van der Waals surface area contributed by atoms with E-state index in [1.54, 1.807) is 4.90 Å². The van der Waals surface area contributed by atoms with E-state index in [1.165, 1.54) is 0 Å². The van der Waals surface area contributed by atoms with Crippen molar-refractivity contribution in [1.82, 2.24) is 20.0 Å². The van der Waals surface area contributed by atoms with Gasteiger partial charge in [-0.05, 0) is 25.8 Å². The van der Waals surface area contributed by atoms with Crippen molar-refractivity contribution >= 4 is 5.91 Å². The molecule has 0 unspecified atom stereocenters. The lowest BCUT2D eigenvalue weighted by Gasteiger charge is -2.27. The number of hydrogen-bond acceptors (Lipinski definition) is 4. The fourth-order valence-corrected chi connectivity index (χ4v) is 3.91. The molecule has 6 nitrogen and oxygen atoms in total. The maximum absolute atomic E-state index is 12.3. The van der Waals surface area contributed by atoms with Crippen LogP contribution < -0.4 is 5.32 Å². The first-order chi connectivity index (χ1) is 12.4. The fraction of sp³-hybridized carbons (Fsp3) is 0.500. The summed E-state index contributed by atoms with van der Waals surface area (Å²) in [5, 5.41) is 18.3. The van der Waals surface area contributed by atoms with E-state index >= 15 is 0 Å². The third kappa shape index (κ3) is 3.66. The summed E-state index contributed by atoms with van der Waals surface area (Å²) < 4.78 is 1.86. The van der Waals surface area contributed by atoms with Crippen molar-refractivity contribution in [2.75, 3.05) is 13.6 Å². The maximum Gasteiger partial charge on any atom is 0.224 e. The second-order valence-corrected chi connectivity index (χ2v) is 7.22. The lowest BCUT2D eigenvalue weighted by molar-refractivity contribution is -0.127. The fourth-order valence-electron chi connectivity index (χ4n) is 3.91. The molecule has 2 heterocycles. The number of benzene rings is 1. The number of likely N-dealkylation sites (N-methyl/N-ethyl adjacent to an activating group) is 1. The van der Waals surface area contributed by atoms with Crippen molar-refractivity contribution in [2.24, 2.45) is 7.05 Å². The monoisotopic (exact) mass is 356 g/mol. The minimum absolute atomic E-state index is 0.0282. The van der Waals surface area contributed by atoms with E-state index in [-0.39, 0.29) is 18.0 Å². The van der Waals surface area contributed by atoms with Crippen LogP contribution in [0.1, 0.15) is 35.0 Å². The minimum atomic E-state index is -0.491. The Labute approximate surface area is 154 Å². The topological polar surface area (TPSA) is 70.4 Å². The largest absolute Gasteiger partial charge is 0.391 e. The van der Waals surface area contributed by atoms with Crippen molar-refractivity contribution in [1.29, 1.82) is 0 Å². The van der Waals surface area contributed by atoms with Gasteiger partial charge in [-0.25, -0.2) is 0 Å². The molecule has 1 aromatic carbocycles. The number of aliphatic hydroxyl groups is 1. The van der Waals surface area contributed by atoms with E-state index in [4.69, 9.17) is 0 Å². The Bertz CT molecular complexity index is 772. The molecule has 1 amide bonds. The second kappa shape index (κ2) is 7.60. The van der Waals surface area contributed by atoms with Gasteiger partial charge in [0.2, 0.25) is 5.91 Å². The number of carbonyl (C=O) groups excluding carboxylic acids is 1. The number of aliphatic hydroxyl groups excluding tert-OH is 1. The number of amides is 1. The average molecular weight is 356 g/mol. The summed E-state index contributed by atoms with van der Waals surface area (Å²) in [6, 6.07) is 9.87. The van der Waals surface area contributed by atoms with Crippen molar-refractivity contribution < 1.29 is 9.90 Å². The highest BCUT2D eigenvalue weighted by molar-refractivity contribution is 5.80. The number of hydrogen-bond donors (Lipinski definition) is 2. The van der Waals surface area contributed by atoms with Gasteiger partial charge in [0.15, 0.2) is 0 Å². The molecule has 1 saturated heterocycles. The van der Waals surface area contributed by atoms with E-state index < -0.39 is 6.10 Å². The number of likely N-dealkylation sites (tertiary alicyclic amines) is 1. The SMILES string of the molecule is Cc1nn(C)c(C)c1[C@H]1[C@H](NC[C@@H](O)Cc2ccccc2)CC(=O)N1C. The van der Waals surface area contributed by atoms with Crippen molar-refractivity contribution in [3.63, 3.8) is 0 Å². The Kier molecular flexibility index (Phi) is 5.44. The van der Waals surface area contributed by atoms with Gasteiger partial charge >= 0.3 is 0 Å². The summed E-state index contributed by atoms with van der Waals surface area (Å²) >= 11 is 0. The summed E-state index contributed by atoms with van der Waals surface area (Å²) in [7, 11) is 3.77. The van der Waals surface area contributed by atoms with Gasteiger partial charge in [0.25, 0.3) is 0 Å². The molecule has 0 spiro atoms. The highest BCUT2D eigenvalue weighted by atomic mass is 16.3. The molecule has 0 radical (unpaired) electrons. The number of nitrogens with zero attached hydrogens (tertiary/aromatic N) is 3. The molecule has 0 aliphatic carbocycles. The van der Waals surface area contributed by atoms with Crippen LogP contribution in [0, 0.1) is 13.8 Å². The Hall–Kier alpha value is -2.18. The van der Waals surface area contributed by atoms with E-state index in [9.17, 15) is 9.90 Å². The van der Waals surface area contributed by atoms with Crippen LogP contribution in [0.3, 0.4) is 0 Å². The quantitative estimate of drug-likeness (QED) is 0.823. The van der Waals surface area contributed by atoms with E-state index in [1.807, 2.05) is 63.0 Å². The third-order valence-electron chi connectivity index (χ3n) is 5.38. The number of aromatic nitrogens is 2. The molecule has 2 aromatic rings. The first kappa shape index (κ1) is 18.6. The molecule has 0 bridgehead atoms. The zero-order valence-electron chi connectivity index (χ0n) is 15.9. The van der Waals surface area contributed by atoms with Crippen LogP contribution in [-0.2, 0) is 18.3 Å². The Morgan fingerprint density at radius 1 is 1.27 bits per heavy atom. The molecular weight excluding hydrogens is 328 g/mol. The van der Waals surface area contributed by atoms with Gasteiger partial charge in [-0.2, -0.15) is 5.10 Å². The highest BCUT2D eigenvalue weighted by Gasteiger charge is 2.40. The molecule has 2 N–H and O–H groups in total. The highest BCUT2D eigenvalue weighted by Crippen LogP contribution is 2.35. The number of nitrogens with one attached hydrogen (secondary N) is 1. The standard InChI is InChI=1S/C20H28N4O2/c1-13-19(14(2)24(4)22-13)20-17(11-18(26)23(20)3)21-12-16(25)10-15-8-6-5-7-9-15/h5-9,16-17,20-21,25H,10-12H2,1-4H3/t16-,17+,20+/m0/s1. The van der Waals surface area contributed by atoms with Gasteiger partial charge in [0.05, 0.1) is 17.8 Å². The van der Waals surface area contributed by atoms with Gasteiger partial charge in [0, 0.05) is 44.4 Å². The number of aryl methyl sites for hydroxylation is 2. The van der Waals surface area contributed by atoms with Crippen molar-refractivity contribution in [3.8, 4) is 0 Å². The molecule has 1 fully saturated rings. The molecule has 1 aliphatic rings. The summed E-state index contributed by atoms with van der Waals surface area (Å²) in [5.41, 5.74) is 4.24. The molecular formula is C20H28N4O2. The van der Waals surface area contributed by atoms with Gasteiger partial charge in [-0.15, -0.1) is 0 Å². The Morgan fingerprint density at radius 3 is 2.58 bits per heavy atom. The molecule has 6 heteroatoms. The predicted octanol–water partition coefficient (Wildman–Crippen LogP) is 1.50. The normalized spacial score (nSPS) is 21.4. The van der Waals surface area contributed by atoms with E-state index in [2.05, 4.69) is 10.4 Å². The van der Waals surface area contributed by atoms with E-state index in [0.29, 0.717) is 19.4 Å². The zero-order valence-corrected chi connectivity index (χ0v) is 15.9. The average Bonchev–Trinajstić information content (AvgIpc) is 3.02. The lowest BCUT2D eigenvalue weighted by atomic mass is 9.98. The minimum Gasteiger partial charge on any atom is -0.391 e. The third-order valence-corrected chi connectivity index (χ3v) is 5.38. The van der Waals surface area contributed by atoms with Crippen LogP contribution in [0.5, 0.6) is 0 Å². The zero-order chi connectivity index (χ0) is 18.8. The summed E-state index contributed by atoms with van der Waals surface area (Å²) in [6.45, 7) is 4.48. The summed E-state index contributed by atoms with van der Waals surface area (Å²) in [6.07, 6.45) is 0.544. The number of carbonyl (C=O) groups is 1. The molecule has 3 atom stereocenters. The van der Waals surface area contributed by atoms with E-state index in [0.717, 1.165) is 22.5 Å². The first-order valence-corrected chi connectivity index (χ1v) is 9.09. The van der Waals surface area contributed by atoms with Crippen molar-refractivity contribution in [3.05, 3.63) is 52.8 Å². The van der Waals surface area contributed by atoms with Gasteiger partial charge in [-0.1, -0.05) is 30.3 Å². The van der Waals surface area contributed by atoms with Crippen LogP contribution in [-0.4, -0.2) is 51.4 Å². The predicted molar refractivity (Wildman–Crippen MR) is 101 cm³/mol. The molecule has 0 saturated carbocycles. The molecule has 1 aliphatic heterocycles. The number of rotatable bonds is 6. The Morgan fingerprint density at radius 2 is 1.96 bits per heavy atom. The molecule has 1 aromatic heterocycles. The van der Waals surface area contributed by atoms with Crippen LogP contribution >= 0.6 is 0 Å². The molecule has 3 rings (SSSR count). The van der Waals surface area contributed by atoms with Gasteiger partial charge in [-0.3, -0.25) is 9.48 Å². The summed E-state index contributed by atoms with van der Waals surface area (Å²) in [5.74, 6) is 0.118. The van der Waals surface area contributed by atoms with Crippen LogP contribution in [0.2, 0.25) is 0 Å². The molecule has 140 valence electrons. The maximum atomic E-state index is 12.3. The van der Waals surface area contributed by atoms with Gasteiger partial charge < -0.3 is 15.3 Å². The summed E-state index contributed by atoms with van der Waals surface area (Å²) in [4.78, 5) is 14.1. The molecule has 26 heavy (non-hydrogen) atoms. The van der Waals surface area contributed by atoms with Crippen LogP contribution in [0.15, 0.2) is 30.3 Å². The first-order valence-electron chi connectivity index (χ1n) is 9.09. The van der Waals surface area contributed by atoms with Crippen LogP contribution in [0.4, 0.5) is 0 Å². The second-order valence-electron chi connectivity index (χ2n) is 7.22. The smallest absolute Gasteiger partial charge is 0.224 e. The van der Waals surface area contributed by atoms with Gasteiger partial charge in [0.1, 0.15) is 0 Å².